The average molecular weight is 338 g/mol. The SMILES string of the molecule is COc1ccccc1C(=O)N1CCc2cc(N3CCOCC3)ccc21. The number of hydrogen-bond acceptors (Lipinski definition) is 4. The van der Waals surface area contributed by atoms with E-state index < -0.39 is 0 Å². The van der Waals surface area contributed by atoms with Gasteiger partial charge in [0.2, 0.25) is 0 Å². The molecule has 5 nitrogen and oxygen atoms in total. The summed E-state index contributed by atoms with van der Waals surface area (Å²) in [6, 6.07) is 13.8. The Hall–Kier alpha value is -2.53. The van der Waals surface area contributed by atoms with E-state index in [-0.39, 0.29) is 5.91 Å². The van der Waals surface area contributed by atoms with Crippen LogP contribution in [0.5, 0.6) is 5.75 Å². The summed E-state index contributed by atoms with van der Waals surface area (Å²) in [5.74, 6) is 0.612. The lowest BCUT2D eigenvalue weighted by molar-refractivity contribution is 0.0986. The first-order valence-electron chi connectivity index (χ1n) is 8.68. The molecule has 1 amide bonds. The predicted octanol–water partition coefficient (Wildman–Crippen LogP) is 2.73. The molecular formula is C20H22N2O3. The maximum Gasteiger partial charge on any atom is 0.262 e. The molecular weight excluding hydrogens is 316 g/mol. The van der Waals surface area contributed by atoms with E-state index >= 15 is 0 Å². The summed E-state index contributed by atoms with van der Waals surface area (Å²) in [7, 11) is 1.60. The highest BCUT2D eigenvalue weighted by atomic mass is 16.5. The van der Waals surface area contributed by atoms with Crippen LogP contribution in [-0.2, 0) is 11.2 Å². The standard InChI is InChI=1S/C20H22N2O3/c1-24-19-5-3-2-4-17(19)20(23)22-9-8-15-14-16(6-7-18(15)22)21-10-12-25-13-11-21/h2-7,14H,8-13H2,1H3. The molecule has 0 aromatic heterocycles. The summed E-state index contributed by atoms with van der Waals surface area (Å²) >= 11 is 0. The van der Waals surface area contributed by atoms with Gasteiger partial charge >= 0.3 is 0 Å². The van der Waals surface area contributed by atoms with Gasteiger partial charge in [0.1, 0.15) is 5.75 Å². The van der Waals surface area contributed by atoms with Gasteiger partial charge in [-0.2, -0.15) is 0 Å². The van der Waals surface area contributed by atoms with E-state index in [4.69, 9.17) is 9.47 Å². The van der Waals surface area contributed by atoms with Crippen LogP contribution >= 0.6 is 0 Å². The molecule has 130 valence electrons. The fourth-order valence-corrected chi connectivity index (χ4v) is 3.58. The molecule has 0 N–H and O–H groups in total. The summed E-state index contributed by atoms with van der Waals surface area (Å²) in [5, 5.41) is 0. The number of ether oxygens (including phenoxy) is 2. The fraction of sp³-hybridized carbons (Fsp3) is 0.350. The van der Waals surface area contributed by atoms with Crippen molar-refractivity contribution in [2.75, 3.05) is 49.8 Å². The van der Waals surface area contributed by atoms with Crippen LogP contribution in [0.15, 0.2) is 42.5 Å². The molecule has 0 bridgehead atoms. The third-order valence-electron chi connectivity index (χ3n) is 4.92. The first kappa shape index (κ1) is 16.0. The zero-order valence-electron chi connectivity index (χ0n) is 14.4. The van der Waals surface area contributed by atoms with Crippen molar-refractivity contribution in [3.05, 3.63) is 53.6 Å². The molecule has 0 saturated carbocycles. The number of hydrogen-bond donors (Lipinski definition) is 0. The van der Waals surface area contributed by atoms with Crippen LogP contribution in [-0.4, -0.2) is 45.9 Å². The van der Waals surface area contributed by atoms with E-state index in [9.17, 15) is 4.79 Å². The van der Waals surface area contributed by atoms with E-state index in [1.165, 1.54) is 11.3 Å². The maximum atomic E-state index is 13.0. The number of amides is 1. The Balaban J connectivity index is 1.60. The van der Waals surface area contributed by atoms with Gasteiger partial charge in [-0.05, 0) is 42.3 Å². The minimum absolute atomic E-state index is 0.00433. The van der Waals surface area contributed by atoms with Crippen LogP contribution in [0.1, 0.15) is 15.9 Å². The Morgan fingerprint density at radius 1 is 1.08 bits per heavy atom. The lowest BCUT2D eigenvalue weighted by Crippen LogP contribution is -2.36. The lowest BCUT2D eigenvalue weighted by atomic mass is 10.1. The monoisotopic (exact) mass is 338 g/mol. The maximum absolute atomic E-state index is 13.0. The van der Waals surface area contributed by atoms with Crippen molar-refractivity contribution in [1.82, 2.24) is 0 Å². The van der Waals surface area contributed by atoms with Crippen molar-refractivity contribution in [2.24, 2.45) is 0 Å². The minimum atomic E-state index is -0.00433. The quantitative estimate of drug-likeness (QED) is 0.863. The predicted molar refractivity (Wildman–Crippen MR) is 97.8 cm³/mol. The Kier molecular flexibility index (Phi) is 4.32. The van der Waals surface area contributed by atoms with E-state index in [1.54, 1.807) is 7.11 Å². The third kappa shape index (κ3) is 2.96. The van der Waals surface area contributed by atoms with Gasteiger partial charge in [0.25, 0.3) is 5.91 Å². The largest absolute Gasteiger partial charge is 0.496 e. The zero-order valence-corrected chi connectivity index (χ0v) is 14.4. The number of para-hydroxylation sites is 1. The summed E-state index contributed by atoms with van der Waals surface area (Å²) < 4.78 is 10.8. The van der Waals surface area contributed by atoms with Crippen molar-refractivity contribution in [3.63, 3.8) is 0 Å². The third-order valence-corrected chi connectivity index (χ3v) is 4.92. The van der Waals surface area contributed by atoms with Crippen LogP contribution < -0.4 is 14.5 Å². The Morgan fingerprint density at radius 3 is 2.68 bits per heavy atom. The zero-order chi connectivity index (χ0) is 17.2. The number of carbonyl (C=O) groups excluding carboxylic acids is 1. The minimum Gasteiger partial charge on any atom is -0.496 e. The summed E-state index contributed by atoms with van der Waals surface area (Å²) in [5.41, 5.74) is 4.06. The number of rotatable bonds is 3. The second-order valence-electron chi connectivity index (χ2n) is 6.32. The van der Waals surface area contributed by atoms with Gasteiger partial charge < -0.3 is 19.3 Å². The first-order chi connectivity index (χ1) is 12.3. The molecule has 1 saturated heterocycles. The van der Waals surface area contributed by atoms with Crippen molar-refractivity contribution >= 4 is 17.3 Å². The second kappa shape index (κ2) is 6.76. The number of methoxy groups -OCH3 is 1. The van der Waals surface area contributed by atoms with E-state index in [2.05, 4.69) is 23.1 Å². The Bertz CT molecular complexity index is 784. The molecule has 2 aromatic carbocycles. The average Bonchev–Trinajstić information content (AvgIpc) is 3.11. The van der Waals surface area contributed by atoms with Crippen molar-refractivity contribution in [2.45, 2.75) is 6.42 Å². The summed E-state index contributed by atoms with van der Waals surface area (Å²) in [4.78, 5) is 17.2. The van der Waals surface area contributed by atoms with Crippen molar-refractivity contribution in [3.8, 4) is 5.75 Å². The molecule has 2 aliphatic rings. The molecule has 2 heterocycles. The van der Waals surface area contributed by atoms with Gasteiger partial charge in [0, 0.05) is 31.0 Å². The molecule has 0 atom stereocenters. The molecule has 0 aliphatic carbocycles. The van der Waals surface area contributed by atoms with Crippen LogP contribution in [0, 0.1) is 0 Å². The highest BCUT2D eigenvalue weighted by Crippen LogP contribution is 2.34. The van der Waals surface area contributed by atoms with Gasteiger partial charge in [-0.25, -0.2) is 0 Å². The number of benzene rings is 2. The molecule has 25 heavy (non-hydrogen) atoms. The fourth-order valence-electron chi connectivity index (χ4n) is 3.58. The van der Waals surface area contributed by atoms with Gasteiger partial charge in [-0.15, -0.1) is 0 Å². The molecule has 4 rings (SSSR count). The van der Waals surface area contributed by atoms with Crippen molar-refractivity contribution in [1.29, 1.82) is 0 Å². The van der Waals surface area contributed by atoms with Crippen LogP contribution in [0.2, 0.25) is 0 Å². The molecule has 0 unspecified atom stereocenters. The molecule has 2 aliphatic heterocycles. The number of carbonyl (C=O) groups is 1. The molecule has 0 radical (unpaired) electrons. The first-order valence-corrected chi connectivity index (χ1v) is 8.68. The Labute approximate surface area is 147 Å². The molecule has 1 fully saturated rings. The normalized spacial score (nSPS) is 16.7. The molecule has 5 heteroatoms. The number of morpholine rings is 1. The van der Waals surface area contributed by atoms with E-state index in [0.29, 0.717) is 17.9 Å². The van der Waals surface area contributed by atoms with Crippen molar-refractivity contribution < 1.29 is 14.3 Å². The van der Waals surface area contributed by atoms with Crippen LogP contribution in [0.4, 0.5) is 11.4 Å². The summed E-state index contributed by atoms with van der Waals surface area (Å²) in [6.07, 6.45) is 0.883. The smallest absolute Gasteiger partial charge is 0.262 e. The number of nitrogens with zero attached hydrogens (tertiary/aromatic N) is 2. The second-order valence-corrected chi connectivity index (χ2v) is 6.32. The van der Waals surface area contributed by atoms with Gasteiger partial charge in [0.05, 0.1) is 25.9 Å². The van der Waals surface area contributed by atoms with Crippen LogP contribution in [0.3, 0.4) is 0 Å². The molecule has 0 spiro atoms. The van der Waals surface area contributed by atoms with Crippen LogP contribution in [0.25, 0.3) is 0 Å². The van der Waals surface area contributed by atoms with Gasteiger partial charge in [-0.1, -0.05) is 12.1 Å². The number of anilines is 2. The topological polar surface area (TPSA) is 42.0 Å². The molecule has 2 aromatic rings. The Morgan fingerprint density at radius 2 is 1.88 bits per heavy atom. The van der Waals surface area contributed by atoms with Gasteiger partial charge in [0.15, 0.2) is 0 Å². The highest BCUT2D eigenvalue weighted by Gasteiger charge is 2.28. The lowest BCUT2D eigenvalue weighted by Gasteiger charge is -2.29. The summed E-state index contributed by atoms with van der Waals surface area (Å²) in [6.45, 7) is 4.09. The van der Waals surface area contributed by atoms with E-state index in [0.717, 1.165) is 38.4 Å². The van der Waals surface area contributed by atoms with Gasteiger partial charge in [-0.3, -0.25) is 4.79 Å². The number of fused-ring (bicyclic) bond motifs is 1. The van der Waals surface area contributed by atoms with E-state index in [1.807, 2.05) is 29.2 Å². The highest BCUT2D eigenvalue weighted by molar-refractivity contribution is 6.09.